The molecule has 0 spiro atoms. The summed E-state index contributed by atoms with van der Waals surface area (Å²) in [4.78, 5) is 12.3. The Kier molecular flexibility index (Phi) is 5.25. The molecular formula is C15H20F2N2O2. The molecule has 0 saturated carbocycles. The second kappa shape index (κ2) is 6.95. The zero-order valence-electron chi connectivity index (χ0n) is 12.2. The van der Waals surface area contributed by atoms with Crippen molar-refractivity contribution < 1.29 is 18.3 Å². The average Bonchev–Trinajstić information content (AvgIpc) is 2.45. The van der Waals surface area contributed by atoms with Gasteiger partial charge in [0.2, 0.25) is 5.91 Å². The second-order valence-corrected chi connectivity index (χ2v) is 5.14. The number of hydrogen-bond donors (Lipinski definition) is 2. The molecule has 1 aromatic carbocycles. The van der Waals surface area contributed by atoms with E-state index in [1.165, 1.54) is 12.1 Å². The van der Waals surface area contributed by atoms with Gasteiger partial charge in [0, 0.05) is 18.2 Å². The lowest BCUT2D eigenvalue weighted by Crippen LogP contribution is -2.55. The number of hydrogen-bond acceptors (Lipinski definition) is 3. The highest BCUT2D eigenvalue weighted by atomic mass is 19.1. The molecule has 1 amide bonds. The zero-order valence-corrected chi connectivity index (χ0v) is 12.2. The van der Waals surface area contributed by atoms with Gasteiger partial charge in [-0.15, -0.1) is 0 Å². The first kappa shape index (κ1) is 15.9. The summed E-state index contributed by atoms with van der Waals surface area (Å²) in [6.45, 7) is 4.82. The van der Waals surface area contributed by atoms with E-state index in [1.54, 1.807) is 0 Å². The molecule has 6 heteroatoms. The number of amides is 1. The van der Waals surface area contributed by atoms with E-state index in [9.17, 15) is 13.6 Å². The normalized spacial score (nSPS) is 23.6. The summed E-state index contributed by atoms with van der Waals surface area (Å²) < 4.78 is 32.2. The lowest BCUT2D eigenvalue weighted by atomic mass is 10.0. The molecule has 0 aromatic heterocycles. The van der Waals surface area contributed by atoms with Crippen LogP contribution < -0.4 is 10.6 Å². The molecule has 1 aromatic rings. The smallest absolute Gasteiger partial charge is 0.240 e. The summed E-state index contributed by atoms with van der Waals surface area (Å²) in [6.07, 6.45) is 0.269. The van der Waals surface area contributed by atoms with E-state index in [1.807, 2.05) is 13.8 Å². The predicted octanol–water partition coefficient (Wildman–Crippen LogP) is 1.91. The Morgan fingerprint density at radius 3 is 2.90 bits per heavy atom. The van der Waals surface area contributed by atoms with Crippen LogP contribution in [0.4, 0.5) is 8.78 Å². The Labute approximate surface area is 122 Å². The van der Waals surface area contributed by atoms with Gasteiger partial charge >= 0.3 is 0 Å². The van der Waals surface area contributed by atoms with Crippen LogP contribution >= 0.6 is 0 Å². The summed E-state index contributed by atoms with van der Waals surface area (Å²) in [6, 6.07) is 2.44. The first-order valence-corrected chi connectivity index (χ1v) is 7.13. The minimum Gasteiger partial charge on any atom is -0.375 e. The van der Waals surface area contributed by atoms with Crippen LogP contribution in [0.5, 0.6) is 0 Å². The molecule has 1 saturated heterocycles. The fourth-order valence-electron chi connectivity index (χ4n) is 2.47. The van der Waals surface area contributed by atoms with E-state index in [2.05, 4.69) is 10.6 Å². The maximum atomic E-state index is 13.8. The Bertz CT molecular complexity index is 510. The molecule has 1 unspecified atom stereocenters. The van der Waals surface area contributed by atoms with Crippen molar-refractivity contribution in [3.05, 3.63) is 35.4 Å². The fourth-order valence-corrected chi connectivity index (χ4v) is 2.47. The second-order valence-electron chi connectivity index (χ2n) is 5.14. The van der Waals surface area contributed by atoms with Crippen molar-refractivity contribution >= 4 is 5.91 Å². The Morgan fingerprint density at radius 1 is 1.52 bits per heavy atom. The van der Waals surface area contributed by atoms with E-state index < -0.39 is 23.7 Å². The number of morpholine rings is 1. The maximum absolute atomic E-state index is 13.8. The van der Waals surface area contributed by atoms with Gasteiger partial charge < -0.3 is 15.4 Å². The molecule has 3 atom stereocenters. The van der Waals surface area contributed by atoms with Crippen LogP contribution in [0.25, 0.3) is 0 Å². The fraction of sp³-hybridized carbons (Fsp3) is 0.533. The van der Waals surface area contributed by atoms with Gasteiger partial charge in [-0.05, 0) is 19.4 Å². The van der Waals surface area contributed by atoms with Gasteiger partial charge in [0.05, 0.1) is 18.8 Å². The molecule has 0 aliphatic carbocycles. The van der Waals surface area contributed by atoms with Crippen LogP contribution in [-0.2, 0) is 9.53 Å². The van der Waals surface area contributed by atoms with Gasteiger partial charge in [-0.2, -0.15) is 0 Å². The van der Waals surface area contributed by atoms with Crippen molar-refractivity contribution in [2.45, 2.75) is 38.5 Å². The first-order chi connectivity index (χ1) is 10.0. The number of carbonyl (C=O) groups is 1. The molecule has 2 N–H and O–H groups in total. The predicted molar refractivity (Wildman–Crippen MR) is 74.7 cm³/mol. The Morgan fingerprint density at radius 2 is 2.29 bits per heavy atom. The summed E-state index contributed by atoms with van der Waals surface area (Å²) in [7, 11) is 0. The lowest BCUT2D eigenvalue weighted by Gasteiger charge is -2.30. The van der Waals surface area contributed by atoms with Crippen LogP contribution in [0.3, 0.4) is 0 Å². The third kappa shape index (κ3) is 3.77. The summed E-state index contributed by atoms with van der Waals surface area (Å²) >= 11 is 0. The molecule has 0 radical (unpaired) electrons. The van der Waals surface area contributed by atoms with Crippen LogP contribution in [0.2, 0.25) is 0 Å². The molecule has 1 heterocycles. The SMILES string of the molecule is CCC(NC(=O)[C@H]1NCCO[C@@H]1C)c1ccc(F)cc1F. The number of nitrogens with one attached hydrogen (secondary N) is 2. The average molecular weight is 298 g/mol. The van der Waals surface area contributed by atoms with E-state index in [-0.39, 0.29) is 17.6 Å². The highest BCUT2D eigenvalue weighted by Crippen LogP contribution is 2.21. The standard InChI is InChI=1S/C15H20F2N2O2/c1-3-13(11-5-4-10(16)8-12(11)17)19-15(20)14-9(2)21-7-6-18-14/h4-5,8-9,13-14,18H,3,6-7H2,1-2H3,(H,19,20)/t9-,13?,14+/m1/s1. The highest BCUT2D eigenvalue weighted by molar-refractivity contribution is 5.83. The molecular weight excluding hydrogens is 278 g/mol. The maximum Gasteiger partial charge on any atom is 0.240 e. The van der Waals surface area contributed by atoms with Crippen molar-refractivity contribution in [3.8, 4) is 0 Å². The largest absolute Gasteiger partial charge is 0.375 e. The number of halogens is 2. The van der Waals surface area contributed by atoms with E-state index >= 15 is 0 Å². The quantitative estimate of drug-likeness (QED) is 0.893. The Hall–Kier alpha value is -1.53. The number of carbonyl (C=O) groups excluding carboxylic acids is 1. The molecule has 1 aliphatic heterocycles. The minimum atomic E-state index is -0.650. The van der Waals surface area contributed by atoms with Gasteiger partial charge in [-0.1, -0.05) is 13.0 Å². The van der Waals surface area contributed by atoms with Crippen LogP contribution in [0, 0.1) is 11.6 Å². The topological polar surface area (TPSA) is 50.4 Å². The van der Waals surface area contributed by atoms with Gasteiger partial charge in [0.25, 0.3) is 0 Å². The lowest BCUT2D eigenvalue weighted by molar-refractivity contribution is -0.129. The van der Waals surface area contributed by atoms with E-state index in [4.69, 9.17) is 4.74 Å². The van der Waals surface area contributed by atoms with Crippen LogP contribution in [0.15, 0.2) is 18.2 Å². The zero-order chi connectivity index (χ0) is 15.4. The summed E-state index contributed by atoms with van der Waals surface area (Å²) in [5.74, 6) is -1.52. The molecule has 1 aliphatic rings. The number of benzene rings is 1. The summed E-state index contributed by atoms with van der Waals surface area (Å²) in [5.41, 5.74) is 0.289. The van der Waals surface area contributed by atoms with Crippen LogP contribution in [0.1, 0.15) is 31.9 Å². The highest BCUT2D eigenvalue weighted by Gasteiger charge is 2.30. The monoisotopic (exact) mass is 298 g/mol. The van der Waals surface area contributed by atoms with Crippen molar-refractivity contribution in [3.63, 3.8) is 0 Å². The molecule has 2 rings (SSSR count). The number of ether oxygens (including phenoxy) is 1. The van der Waals surface area contributed by atoms with Gasteiger partial charge in [-0.25, -0.2) is 8.78 Å². The third-order valence-electron chi connectivity index (χ3n) is 3.66. The molecule has 0 bridgehead atoms. The number of rotatable bonds is 4. The third-order valence-corrected chi connectivity index (χ3v) is 3.66. The molecule has 1 fully saturated rings. The van der Waals surface area contributed by atoms with Crippen molar-refractivity contribution in [1.29, 1.82) is 0 Å². The minimum absolute atomic E-state index is 0.238. The van der Waals surface area contributed by atoms with E-state index in [0.717, 1.165) is 6.07 Å². The summed E-state index contributed by atoms with van der Waals surface area (Å²) in [5, 5.41) is 5.88. The van der Waals surface area contributed by atoms with Gasteiger partial charge in [-0.3, -0.25) is 4.79 Å². The van der Waals surface area contributed by atoms with Crippen molar-refractivity contribution in [2.75, 3.05) is 13.2 Å². The molecule has 4 nitrogen and oxygen atoms in total. The van der Waals surface area contributed by atoms with E-state index in [0.29, 0.717) is 19.6 Å². The molecule has 116 valence electrons. The first-order valence-electron chi connectivity index (χ1n) is 7.13. The van der Waals surface area contributed by atoms with Crippen LogP contribution in [-0.4, -0.2) is 31.2 Å². The van der Waals surface area contributed by atoms with Crippen molar-refractivity contribution in [2.24, 2.45) is 0 Å². The molecule has 21 heavy (non-hydrogen) atoms. The van der Waals surface area contributed by atoms with Crippen molar-refractivity contribution in [1.82, 2.24) is 10.6 Å². The Balaban J connectivity index is 2.09. The van der Waals surface area contributed by atoms with Gasteiger partial charge in [0.15, 0.2) is 0 Å². The van der Waals surface area contributed by atoms with Gasteiger partial charge in [0.1, 0.15) is 17.7 Å².